The van der Waals surface area contributed by atoms with Gasteiger partial charge in [0.1, 0.15) is 5.92 Å². The van der Waals surface area contributed by atoms with Crippen molar-refractivity contribution in [3.63, 3.8) is 0 Å². The summed E-state index contributed by atoms with van der Waals surface area (Å²) in [5, 5.41) is 0.997. The molecule has 1 aromatic heterocycles. The number of pyridine rings is 1. The fourth-order valence-electron chi connectivity index (χ4n) is 2.85. The minimum atomic E-state index is -0.799. The first-order valence-corrected chi connectivity index (χ1v) is 8.79. The van der Waals surface area contributed by atoms with Gasteiger partial charge in [0.25, 0.3) is 0 Å². The van der Waals surface area contributed by atoms with Gasteiger partial charge in [-0.25, -0.2) is 0 Å². The summed E-state index contributed by atoms with van der Waals surface area (Å²) in [6, 6.07) is 18.3. The molecule has 1 aliphatic carbocycles. The molecule has 25 heavy (non-hydrogen) atoms. The molecule has 1 aliphatic rings. The molecule has 1 heterocycles. The van der Waals surface area contributed by atoms with Crippen LogP contribution in [0.25, 0.3) is 10.9 Å². The molecule has 4 rings (SSSR count). The van der Waals surface area contributed by atoms with E-state index in [1.165, 1.54) is 0 Å². The highest BCUT2D eigenvalue weighted by Crippen LogP contribution is 2.33. The van der Waals surface area contributed by atoms with Gasteiger partial charge in [-0.05, 0) is 12.1 Å². The second kappa shape index (κ2) is 8.34. The SMILES string of the molecule is CC.CC.O=C1c2ccccc2C(=O)C1c1ccc2ccccc2n1. The second-order valence-corrected chi connectivity index (χ2v) is 5.14. The number of rotatable bonds is 1. The number of hydrogen-bond donors (Lipinski definition) is 0. The number of benzene rings is 2. The Kier molecular flexibility index (Phi) is 6.18. The number of nitrogens with zero attached hydrogens (tertiary/aromatic N) is 1. The molecule has 0 unspecified atom stereocenters. The first-order valence-electron chi connectivity index (χ1n) is 8.79. The van der Waals surface area contributed by atoms with Gasteiger partial charge in [0.2, 0.25) is 0 Å². The van der Waals surface area contributed by atoms with Crippen LogP contribution in [0.3, 0.4) is 0 Å². The summed E-state index contributed by atoms with van der Waals surface area (Å²) in [7, 11) is 0. The molecular formula is C22H23NO2. The van der Waals surface area contributed by atoms with Gasteiger partial charge in [-0.3, -0.25) is 14.6 Å². The van der Waals surface area contributed by atoms with Crippen molar-refractivity contribution in [2.75, 3.05) is 0 Å². The third kappa shape index (κ3) is 3.36. The third-order valence-electron chi connectivity index (χ3n) is 3.90. The molecule has 0 saturated heterocycles. The highest BCUT2D eigenvalue weighted by Gasteiger charge is 2.40. The molecule has 0 saturated carbocycles. The molecule has 0 radical (unpaired) electrons. The first kappa shape index (κ1) is 18.5. The number of hydrogen-bond acceptors (Lipinski definition) is 3. The van der Waals surface area contributed by atoms with Crippen molar-refractivity contribution in [1.82, 2.24) is 4.98 Å². The van der Waals surface area contributed by atoms with E-state index in [2.05, 4.69) is 4.98 Å². The van der Waals surface area contributed by atoms with Gasteiger partial charge >= 0.3 is 0 Å². The first-order chi connectivity index (χ1) is 12.3. The molecule has 0 bridgehead atoms. The predicted octanol–water partition coefficient (Wildman–Crippen LogP) is 5.45. The van der Waals surface area contributed by atoms with E-state index in [0.29, 0.717) is 16.8 Å². The highest BCUT2D eigenvalue weighted by molar-refractivity contribution is 6.29. The molecule has 3 heteroatoms. The smallest absolute Gasteiger partial charge is 0.180 e. The predicted molar refractivity (Wildman–Crippen MR) is 102 cm³/mol. The number of ketones is 2. The molecule has 3 aromatic rings. The lowest BCUT2D eigenvalue weighted by atomic mass is 9.98. The van der Waals surface area contributed by atoms with Gasteiger partial charge in [-0.1, -0.05) is 76.2 Å². The maximum absolute atomic E-state index is 12.5. The van der Waals surface area contributed by atoms with Crippen molar-refractivity contribution in [2.24, 2.45) is 0 Å². The van der Waals surface area contributed by atoms with E-state index < -0.39 is 5.92 Å². The standard InChI is InChI=1S/C18H11NO2.2C2H6/c20-17-12-6-2-3-7-13(12)18(21)16(17)15-10-9-11-5-1-4-8-14(11)19-15;2*1-2/h1-10,16H;2*1-2H3. The topological polar surface area (TPSA) is 47.0 Å². The average Bonchev–Trinajstić information content (AvgIpc) is 2.95. The van der Waals surface area contributed by atoms with Crippen LogP contribution in [0.15, 0.2) is 60.7 Å². The van der Waals surface area contributed by atoms with E-state index in [4.69, 9.17) is 0 Å². The zero-order chi connectivity index (χ0) is 18.4. The zero-order valence-corrected chi connectivity index (χ0v) is 15.1. The lowest BCUT2D eigenvalue weighted by Crippen LogP contribution is -2.14. The van der Waals surface area contributed by atoms with Crippen LogP contribution in [0.4, 0.5) is 0 Å². The molecule has 0 aliphatic heterocycles. The molecule has 0 N–H and O–H groups in total. The maximum Gasteiger partial charge on any atom is 0.180 e. The average molecular weight is 333 g/mol. The number of Topliss-reactive ketones (excluding diaryl/α,β-unsaturated/α-hetero) is 2. The Bertz CT molecular complexity index is 864. The van der Waals surface area contributed by atoms with Crippen molar-refractivity contribution >= 4 is 22.5 Å². The van der Waals surface area contributed by atoms with Crippen LogP contribution < -0.4 is 0 Å². The largest absolute Gasteiger partial charge is 0.293 e. The molecule has 3 nitrogen and oxygen atoms in total. The Labute approximate surface area is 148 Å². The summed E-state index contributed by atoms with van der Waals surface area (Å²) < 4.78 is 0. The number of fused-ring (bicyclic) bond motifs is 2. The van der Waals surface area contributed by atoms with Crippen molar-refractivity contribution in [3.05, 3.63) is 77.5 Å². The monoisotopic (exact) mass is 333 g/mol. The van der Waals surface area contributed by atoms with Gasteiger partial charge in [-0.15, -0.1) is 0 Å². The van der Waals surface area contributed by atoms with Gasteiger partial charge in [0.05, 0.1) is 11.2 Å². The van der Waals surface area contributed by atoms with E-state index in [0.717, 1.165) is 10.9 Å². The third-order valence-corrected chi connectivity index (χ3v) is 3.90. The van der Waals surface area contributed by atoms with Crippen molar-refractivity contribution in [3.8, 4) is 0 Å². The molecule has 0 fully saturated rings. The minimum Gasteiger partial charge on any atom is -0.293 e. The van der Waals surface area contributed by atoms with Crippen LogP contribution in [0, 0.1) is 0 Å². The highest BCUT2D eigenvalue weighted by atomic mass is 16.2. The minimum absolute atomic E-state index is 0.154. The lowest BCUT2D eigenvalue weighted by molar-refractivity contribution is 0.0888. The van der Waals surface area contributed by atoms with Crippen LogP contribution in [0.1, 0.15) is 60.0 Å². The van der Waals surface area contributed by atoms with Gasteiger partial charge < -0.3 is 0 Å². The summed E-state index contributed by atoms with van der Waals surface area (Å²) in [5.41, 5.74) is 2.33. The Morgan fingerprint density at radius 2 is 1.20 bits per heavy atom. The molecule has 128 valence electrons. The van der Waals surface area contributed by atoms with Gasteiger partial charge in [0, 0.05) is 16.5 Å². The van der Waals surface area contributed by atoms with Gasteiger partial charge in [-0.2, -0.15) is 0 Å². The van der Waals surface area contributed by atoms with E-state index in [1.54, 1.807) is 30.3 Å². The summed E-state index contributed by atoms with van der Waals surface area (Å²) >= 11 is 0. The lowest BCUT2D eigenvalue weighted by Gasteiger charge is -2.07. The van der Waals surface area contributed by atoms with Crippen molar-refractivity contribution < 1.29 is 9.59 Å². The van der Waals surface area contributed by atoms with Crippen molar-refractivity contribution in [2.45, 2.75) is 33.6 Å². The normalized spacial score (nSPS) is 12.8. The van der Waals surface area contributed by atoms with Gasteiger partial charge in [0.15, 0.2) is 11.6 Å². The number of carbonyl (C=O) groups is 2. The van der Waals surface area contributed by atoms with Crippen LogP contribution >= 0.6 is 0 Å². The number of para-hydroxylation sites is 1. The molecule has 0 amide bonds. The molecular weight excluding hydrogens is 310 g/mol. The Morgan fingerprint density at radius 1 is 0.680 bits per heavy atom. The fraction of sp³-hybridized carbons (Fsp3) is 0.227. The van der Waals surface area contributed by atoms with E-state index in [-0.39, 0.29) is 11.6 Å². The van der Waals surface area contributed by atoms with Crippen LogP contribution in [-0.2, 0) is 0 Å². The fourth-order valence-corrected chi connectivity index (χ4v) is 2.85. The number of aromatic nitrogens is 1. The van der Waals surface area contributed by atoms with E-state index >= 15 is 0 Å². The summed E-state index contributed by atoms with van der Waals surface area (Å²) in [4.78, 5) is 29.5. The van der Waals surface area contributed by atoms with E-state index in [1.807, 2.05) is 58.0 Å². The Hall–Kier alpha value is -2.81. The quantitative estimate of drug-likeness (QED) is 0.556. The van der Waals surface area contributed by atoms with Crippen LogP contribution in [0.2, 0.25) is 0 Å². The second-order valence-electron chi connectivity index (χ2n) is 5.14. The van der Waals surface area contributed by atoms with Crippen LogP contribution in [0.5, 0.6) is 0 Å². The Balaban J connectivity index is 0.000000528. The molecule has 2 aromatic carbocycles. The van der Waals surface area contributed by atoms with Crippen molar-refractivity contribution in [1.29, 1.82) is 0 Å². The molecule has 0 atom stereocenters. The molecule has 0 spiro atoms. The summed E-state index contributed by atoms with van der Waals surface area (Å²) in [5.74, 6) is -1.11. The zero-order valence-electron chi connectivity index (χ0n) is 15.1. The summed E-state index contributed by atoms with van der Waals surface area (Å²) in [6.45, 7) is 8.00. The van der Waals surface area contributed by atoms with Crippen LogP contribution in [-0.4, -0.2) is 16.6 Å². The number of carbonyl (C=O) groups excluding carboxylic acids is 2. The maximum atomic E-state index is 12.5. The van der Waals surface area contributed by atoms with E-state index in [9.17, 15) is 9.59 Å². The summed E-state index contributed by atoms with van der Waals surface area (Å²) in [6.07, 6.45) is 0. The Morgan fingerprint density at radius 3 is 1.80 bits per heavy atom.